The Balaban J connectivity index is 2.38. The van der Waals surface area contributed by atoms with Crippen LogP contribution in [0.25, 0.3) is 0 Å². The Bertz CT molecular complexity index is 231. The van der Waals surface area contributed by atoms with Gasteiger partial charge in [-0.1, -0.05) is 19.3 Å². The van der Waals surface area contributed by atoms with Gasteiger partial charge in [-0.25, -0.2) is 0 Å². The van der Waals surface area contributed by atoms with E-state index < -0.39 is 5.60 Å². The number of hydrogen-bond acceptors (Lipinski definition) is 2. The fraction of sp³-hybridized carbons (Fsp3) is 0.750. The van der Waals surface area contributed by atoms with Gasteiger partial charge in [-0.2, -0.15) is 0 Å². The summed E-state index contributed by atoms with van der Waals surface area (Å²) in [7, 11) is 0. The molecule has 0 aromatic heterocycles. The van der Waals surface area contributed by atoms with Crippen LogP contribution in [0.1, 0.15) is 51.4 Å². The molecule has 1 aliphatic carbocycles. The molecule has 1 N–H and O–H groups in total. The van der Waals surface area contributed by atoms with Crippen molar-refractivity contribution < 1.29 is 9.90 Å². The van der Waals surface area contributed by atoms with Crippen molar-refractivity contribution >= 4 is 5.78 Å². The van der Waals surface area contributed by atoms with Gasteiger partial charge in [0, 0.05) is 12.8 Å². The Hall–Kier alpha value is -0.810. The lowest BCUT2D eigenvalue weighted by atomic mass is 9.80. The molecule has 0 unspecified atom stereocenters. The minimum Gasteiger partial charge on any atom is -0.382 e. The third kappa shape index (κ3) is 2.85. The lowest BCUT2D eigenvalue weighted by molar-refractivity contribution is -0.140. The predicted molar refractivity (Wildman–Crippen MR) is 55.7 cm³/mol. The molecule has 1 rings (SSSR count). The van der Waals surface area contributed by atoms with Crippen LogP contribution in [0.5, 0.6) is 0 Å². The summed E-state index contributed by atoms with van der Waals surface area (Å²) >= 11 is 0. The first-order valence-electron chi connectivity index (χ1n) is 5.38. The molecule has 0 aromatic carbocycles. The van der Waals surface area contributed by atoms with Crippen molar-refractivity contribution in [2.24, 2.45) is 0 Å². The van der Waals surface area contributed by atoms with E-state index in [9.17, 15) is 9.90 Å². The SMILES string of the molecule is C#CCCCC(=O)C1(O)CCCCC1. The molecule has 0 saturated heterocycles. The highest BCUT2D eigenvalue weighted by Gasteiger charge is 2.35. The Morgan fingerprint density at radius 2 is 2.00 bits per heavy atom. The van der Waals surface area contributed by atoms with Crippen LogP contribution in [0.4, 0.5) is 0 Å². The first kappa shape index (κ1) is 11.3. The summed E-state index contributed by atoms with van der Waals surface area (Å²) in [6, 6.07) is 0. The maximum Gasteiger partial charge on any atom is 0.164 e. The average molecular weight is 194 g/mol. The Morgan fingerprint density at radius 1 is 1.36 bits per heavy atom. The van der Waals surface area contributed by atoms with Gasteiger partial charge in [0.1, 0.15) is 5.60 Å². The second kappa shape index (κ2) is 5.17. The van der Waals surface area contributed by atoms with E-state index in [2.05, 4.69) is 5.92 Å². The molecule has 0 radical (unpaired) electrons. The van der Waals surface area contributed by atoms with Crippen molar-refractivity contribution in [3.63, 3.8) is 0 Å². The first-order chi connectivity index (χ1) is 6.69. The Kier molecular flexibility index (Phi) is 4.16. The van der Waals surface area contributed by atoms with Gasteiger partial charge in [0.15, 0.2) is 5.78 Å². The number of ketones is 1. The molecule has 2 nitrogen and oxygen atoms in total. The number of rotatable bonds is 4. The molecule has 0 spiro atoms. The summed E-state index contributed by atoms with van der Waals surface area (Å²) in [6.07, 6.45) is 11.2. The van der Waals surface area contributed by atoms with Gasteiger partial charge >= 0.3 is 0 Å². The molecule has 0 amide bonds. The van der Waals surface area contributed by atoms with Gasteiger partial charge < -0.3 is 5.11 Å². The molecule has 0 heterocycles. The second-order valence-electron chi connectivity index (χ2n) is 4.07. The first-order valence-corrected chi connectivity index (χ1v) is 5.38. The quantitative estimate of drug-likeness (QED) is 0.549. The standard InChI is InChI=1S/C12H18O2/c1-2-3-5-8-11(13)12(14)9-6-4-7-10-12/h1,14H,3-10H2. The van der Waals surface area contributed by atoms with Gasteiger partial charge in [0.25, 0.3) is 0 Å². The molecule has 0 bridgehead atoms. The molecular weight excluding hydrogens is 176 g/mol. The number of hydrogen-bond donors (Lipinski definition) is 1. The predicted octanol–water partition coefficient (Wildman–Crippen LogP) is 2.05. The number of unbranched alkanes of at least 4 members (excludes halogenated alkanes) is 1. The zero-order valence-electron chi connectivity index (χ0n) is 8.59. The highest BCUT2D eigenvalue weighted by molar-refractivity contribution is 5.87. The minimum absolute atomic E-state index is 0.00699. The second-order valence-corrected chi connectivity index (χ2v) is 4.07. The van der Waals surface area contributed by atoms with Crippen LogP contribution in [0.2, 0.25) is 0 Å². The molecule has 2 heteroatoms. The van der Waals surface area contributed by atoms with Crippen LogP contribution >= 0.6 is 0 Å². The lowest BCUT2D eigenvalue weighted by Gasteiger charge is -2.30. The zero-order valence-corrected chi connectivity index (χ0v) is 8.59. The average Bonchev–Trinajstić information content (AvgIpc) is 2.19. The number of Topliss-reactive ketones (excluding diaryl/α,β-unsaturated/α-hetero) is 1. The van der Waals surface area contributed by atoms with Crippen molar-refractivity contribution in [1.82, 2.24) is 0 Å². The smallest absolute Gasteiger partial charge is 0.164 e. The van der Waals surface area contributed by atoms with Gasteiger partial charge in [0.2, 0.25) is 0 Å². The minimum atomic E-state index is -1.02. The molecular formula is C12H18O2. The van der Waals surface area contributed by atoms with E-state index in [1.54, 1.807) is 0 Å². The Morgan fingerprint density at radius 3 is 2.57 bits per heavy atom. The van der Waals surface area contributed by atoms with Crippen LogP contribution in [0.15, 0.2) is 0 Å². The number of terminal acetylenes is 1. The highest BCUT2D eigenvalue weighted by Crippen LogP contribution is 2.30. The number of carbonyl (C=O) groups excluding carboxylic acids is 1. The summed E-state index contributed by atoms with van der Waals surface area (Å²) in [4.78, 5) is 11.7. The summed E-state index contributed by atoms with van der Waals surface area (Å²) < 4.78 is 0. The van der Waals surface area contributed by atoms with Gasteiger partial charge in [-0.15, -0.1) is 12.3 Å². The van der Waals surface area contributed by atoms with Crippen LogP contribution < -0.4 is 0 Å². The molecule has 1 fully saturated rings. The van der Waals surface area contributed by atoms with Crippen LogP contribution in [0, 0.1) is 12.3 Å². The largest absolute Gasteiger partial charge is 0.382 e. The number of carbonyl (C=O) groups is 1. The maximum atomic E-state index is 11.7. The van der Waals surface area contributed by atoms with Gasteiger partial charge in [0.05, 0.1) is 0 Å². The topological polar surface area (TPSA) is 37.3 Å². The third-order valence-electron chi connectivity index (χ3n) is 2.92. The molecule has 78 valence electrons. The van der Waals surface area contributed by atoms with E-state index in [1.807, 2.05) is 0 Å². The molecule has 1 saturated carbocycles. The van der Waals surface area contributed by atoms with E-state index >= 15 is 0 Å². The van der Waals surface area contributed by atoms with E-state index in [0.29, 0.717) is 32.1 Å². The van der Waals surface area contributed by atoms with Crippen LogP contribution in [-0.4, -0.2) is 16.5 Å². The third-order valence-corrected chi connectivity index (χ3v) is 2.92. The van der Waals surface area contributed by atoms with Crippen molar-refractivity contribution in [2.45, 2.75) is 57.0 Å². The molecule has 14 heavy (non-hydrogen) atoms. The van der Waals surface area contributed by atoms with E-state index in [1.165, 1.54) is 0 Å². The zero-order chi connectivity index (χ0) is 10.4. The lowest BCUT2D eigenvalue weighted by Crippen LogP contribution is -2.40. The van der Waals surface area contributed by atoms with Crippen molar-refractivity contribution in [1.29, 1.82) is 0 Å². The fourth-order valence-corrected chi connectivity index (χ4v) is 2.00. The molecule has 0 aromatic rings. The molecule has 0 atom stereocenters. The monoisotopic (exact) mass is 194 g/mol. The highest BCUT2D eigenvalue weighted by atomic mass is 16.3. The van der Waals surface area contributed by atoms with Gasteiger partial charge in [-0.05, 0) is 19.3 Å². The van der Waals surface area contributed by atoms with Crippen molar-refractivity contribution in [3.8, 4) is 12.3 Å². The molecule has 1 aliphatic rings. The summed E-state index contributed by atoms with van der Waals surface area (Å²) in [5.74, 6) is 2.50. The normalized spacial score (nSPS) is 20.0. The van der Waals surface area contributed by atoms with Crippen LogP contribution in [-0.2, 0) is 4.79 Å². The maximum absolute atomic E-state index is 11.7. The van der Waals surface area contributed by atoms with Crippen molar-refractivity contribution in [3.05, 3.63) is 0 Å². The van der Waals surface area contributed by atoms with Gasteiger partial charge in [-0.3, -0.25) is 4.79 Å². The van der Waals surface area contributed by atoms with E-state index in [0.717, 1.165) is 19.3 Å². The summed E-state index contributed by atoms with van der Waals surface area (Å²) in [5.41, 5.74) is -1.02. The van der Waals surface area contributed by atoms with Crippen LogP contribution in [0.3, 0.4) is 0 Å². The summed E-state index contributed by atoms with van der Waals surface area (Å²) in [6.45, 7) is 0. The van der Waals surface area contributed by atoms with Crippen molar-refractivity contribution in [2.75, 3.05) is 0 Å². The van der Waals surface area contributed by atoms with E-state index in [-0.39, 0.29) is 5.78 Å². The molecule has 0 aliphatic heterocycles. The van der Waals surface area contributed by atoms with E-state index in [4.69, 9.17) is 6.42 Å². The number of aliphatic hydroxyl groups is 1. The summed E-state index contributed by atoms with van der Waals surface area (Å²) in [5, 5.41) is 10.0. The fourth-order valence-electron chi connectivity index (χ4n) is 2.00. The Labute approximate surface area is 85.7 Å².